The van der Waals surface area contributed by atoms with E-state index in [1.54, 1.807) is 0 Å². The molecule has 0 aromatic carbocycles. The molecule has 0 saturated carbocycles. The molecular weight excluding hydrogens is 222 g/mol. The summed E-state index contributed by atoms with van der Waals surface area (Å²) >= 11 is 0. The third-order valence-corrected chi connectivity index (χ3v) is 3.46. The molecule has 0 aliphatic carbocycles. The highest BCUT2D eigenvalue weighted by Crippen LogP contribution is 2.16. The lowest BCUT2D eigenvalue weighted by Gasteiger charge is -2.06. The van der Waals surface area contributed by atoms with Crippen LogP contribution < -0.4 is 5.32 Å². The van der Waals surface area contributed by atoms with Gasteiger partial charge in [0.2, 0.25) is 0 Å². The van der Waals surface area contributed by atoms with Gasteiger partial charge >= 0.3 is 0 Å². The number of aryl methyl sites for hydroxylation is 2. The number of unbranched alkanes of at least 4 members (excludes halogenated alkanes) is 7. The largest absolute Gasteiger partial charge is 0.382 e. The van der Waals surface area contributed by atoms with E-state index in [2.05, 4.69) is 29.4 Å². The molecule has 1 aromatic rings. The molecule has 0 unspecified atom stereocenters. The van der Waals surface area contributed by atoms with Crippen LogP contribution in [-0.2, 0) is 0 Å². The Kier molecular flexibility index (Phi) is 7.54. The van der Waals surface area contributed by atoms with E-state index < -0.39 is 0 Å². The first-order valence-electron chi connectivity index (χ1n) is 7.51. The lowest BCUT2D eigenvalue weighted by Crippen LogP contribution is -2.03. The molecule has 18 heavy (non-hydrogen) atoms. The van der Waals surface area contributed by atoms with Gasteiger partial charge in [0.25, 0.3) is 0 Å². The van der Waals surface area contributed by atoms with E-state index in [9.17, 15) is 0 Å². The lowest BCUT2D eigenvalue weighted by molar-refractivity contribution is 0.581. The average Bonchev–Trinajstić information content (AvgIpc) is 2.68. The zero-order chi connectivity index (χ0) is 13.2. The Balaban J connectivity index is 1.96. The van der Waals surface area contributed by atoms with E-state index >= 15 is 0 Å². The van der Waals surface area contributed by atoms with Gasteiger partial charge in [0.1, 0.15) is 0 Å². The van der Waals surface area contributed by atoms with E-state index in [1.165, 1.54) is 57.1 Å². The third-order valence-electron chi connectivity index (χ3n) is 3.46. The maximum absolute atomic E-state index is 4.19. The van der Waals surface area contributed by atoms with Gasteiger partial charge in [-0.1, -0.05) is 51.9 Å². The van der Waals surface area contributed by atoms with Crippen molar-refractivity contribution in [1.82, 2.24) is 10.2 Å². The Bertz CT molecular complexity index is 298. The van der Waals surface area contributed by atoms with Gasteiger partial charge in [-0.2, -0.15) is 5.10 Å². The topological polar surface area (TPSA) is 40.7 Å². The second-order valence-corrected chi connectivity index (χ2v) is 5.21. The van der Waals surface area contributed by atoms with Crippen molar-refractivity contribution >= 4 is 5.69 Å². The summed E-state index contributed by atoms with van der Waals surface area (Å²) in [5.74, 6) is 0. The second-order valence-electron chi connectivity index (χ2n) is 5.21. The molecule has 1 heterocycles. The van der Waals surface area contributed by atoms with Gasteiger partial charge in [0, 0.05) is 6.54 Å². The van der Waals surface area contributed by atoms with Crippen LogP contribution in [0.25, 0.3) is 0 Å². The van der Waals surface area contributed by atoms with Crippen LogP contribution in [-0.4, -0.2) is 16.7 Å². The minimum atomic E-state index is 1.07. The molecule has 1 rings (SSSR count). The van der Waals surface area contributed by atoms with Gasteiger partial charge in [0.15, 0.2) is 0 Å². The van der Waals surface area contributed by atoms with E-state index in [0.29, 0.717) is 0 Å². The normalized spacial score (nSPS) is 10.8. The molecule has 3 nitrogen and oxygen atoms in total. The molecule has 0 radical (unpaired) electrons. The quantitative estimate of drug-likeness (QED) is 0.598. The monoisotopic (exact) mass is 251 g/mol. The highest BCUT2D eigenvalue weighted by Gasteiger charge is 2.04. The zero-order valence-corrected chi connectivity index (χ0v) is 12.3. The van der Waals surface area contributed by atoms with Crippen molar-refractivity contribution < 1.29 is 0 Å². The highest BCUT2D eigenvalue weighted by atomic mass is 15.1. The molecule has 0 amide bonds. The molecule has 2 N–H and O–H groups in total. The van der Waals surface area contributed by atoms with Crippen molar-refractivity contribution in [3.8, 4) is 0 Å². The fourth-order valence-electron chi connectivity index (χ4n) is 2.28. The van der Waals surface area contributed by atoms with Crippen LogP contribution in [0.1, 0.15) is 69.7 Å². The summed E-state index contributed by atoms with van der Waals surface area (Å²) in [5.41, 5.74) is 3.41. The first kappa shape index (κ1) is 15.1. The Morgan fingerprint density at radius 1 is 0.944 bits per heavy atom. The Morgan fingerprint density at radius 3 is 2.11 bits per heavy atom. The van der Waals surface area contributed by atoms with E-state index in [0.717, 1.165) is 17.9 Å². The van der Waals surface area contributed by atoms with Crippen LogP contribution in [0.15, 0.2) is 0 Å². The first-order chi connectivity index (χ1) is 8.75. The molecule has 3 heteroatoms. The van der Waals surface area contributed by atoms with Gasteiger partial charge in [0.05, 0.1) is 17.1 Å². The predicted molar refractivity (Wildman–Crippen MR) is 79.2 cm³/mol. The van der Waals surface area contributed by atoms with E-state index in [1.807, 2.05) is 6.92 Å². The fourth-order valence-corrected chi connectivity index (χ4v) is 2.28. The van der Waals surface area contributed by atoms with E-state index in [-0.39, 0.29) is 0 Å². The smallest absolute Gasteiger partial charge is 0.0825 e. The minimum Gasteiger partial charge on any atom is -0.382 e. The average molecular weight is 251 g/mol. The van der Waals surface area contributed by atoms with Crippen molar-refractivity contribution in [1.29, 1.82) is 0 Å². The number of hydrogen-bond acceptors (Lipinski definition) is 2. The summed E-state index contributed by atoms with van der Waals surface area (Å²) in [4.78, 5) is 0. The number of rotatable bonds is 10. The summed E-state index contributed by atoms with van der Waals surface area (Å²) in [6.07, 6.45) is 11.0. The number of anilines is 1. The summed E-state index contributed by atoms with van der Waals surface area (Å²) in [7, 11) is 0. The Hall–Kier alpha value is -0.990. The molecule has 0 fully saturated rings. The molecule has 0 aliphatic heterocycles. The Labute approximate surface area is 112 Å². The summed E-state index contributed by atoms with van der Waals surface area (Å²) in [5, 5.41) is 10.7. The summed E-state index contributed by atoms with van der Waals surface area (Å²) in [6.45, 7) is 7.44. The number of H-pyrrole nitrogens is 1. The second kappa shape index (κ2) is 9.01. The summed E-state index contributed by atoms with van der Waals surface area (Å²) in [6, 6.07) is 0. The molecule has 0 atom stereocenters. The molecule has 0 saturated heterocycles. The molecular formula is C15H29N3. The van der Waals surface area contributed by atoms with Gasteiger partial charge in [-0.3, -0.25) is 5.10 Å². The highest BCUT2D eigenvalue weighted by molar-refractivity contribution is 5.51. The number of nitrogens with one attached hydrogen (secondary N) is 2. The van der Waals surface area contributed by atoms with Crippen LogP contribution in [0.3, 0.4) is 0 Å². The number of hydrogen-bond donors (Lipinski definition) is 2. The van der Waals surface area contributed by atoms with Crippen molar-refractivity contribution in [2.75, 3.05) is 11.9 Å². The van der Waals surface area contributed by atoms with Gasteiger partial charge < -0.3 is 5.32 Å². The van der Waals surface area contributed by atoms with Gasteiger partial charge in [-0.25, -0.2) is 0 Å². The third kappa shape index (κ3) is 5.56. The standard InChI is InChI=1S/C15H29N3/c1-4-5-6-7-8-9-10-11-12-16-15-13(2)17-18-14(15)3/h16H,4-12H2,1-3H3,(H,17,18). The van der Waals surface area contributed by atoms with Gasteiger partial charge in [-0.15, -0.1) is 0 Å². The van der Waals surface area contributed by atoms with Crippen LogP contribution >= 0.6 is 0 Å². The predicted octanol–water partition coefficient (Wildman–Crippen LogP) is 4.58. The van der Waals surface area contributed by atoms with Crippen LogP contribution in [0, 0.1) is 13.8 Å². The molecule has 0 spiro atoms. The SMILES string of the molecule is CCCCCCCCCCNc1c(C)n[nH]c1C. The van der Waals surface area contributed by atoms with Crippen molar-refractivity contribution in [3.05, 3.63) is 11.4 Å². The molecule has 1 aromatic heterocycles. The van der Waals surface area contributed by atoms with Crippen LogP contribution in [0.4, 0.5) is 5.69 Å². The van der Waals surface area contributed by atoms with Crippen LogP contribution in [0.2, 0.25) is 0 Å². The molecule has 0 bridgehead atoms. The number of aromatic nitrogens is 2. The first-order valence-corrected chi connectivity index (χ1v) is 7.51. The Morgan fingerprint density at radius 2 is 1.56 bits per heavy atom. The fraction of sp³-hybridized carbons (Fsp3) is 0.800. The number of aromatic amines is 1. The molecule has 104 valence electrons. The maximum atomic E-state index is 4.19. The van der Waals surface area contributed by atoms with Gasteiger partial charge in [-0.05, 0) is 20.3 Å². The summed E-state index contributed by atoms with van der Waals surface area (Å²) < 4.78 is 0. The van der Waals surface area contributed by atoms with Crippen LogP contribution in [0.5, 0.6) is 0 Å². The van der Waals surface area contributed by atoms with E-state index in [4.69, 9.17) is 0 Å². The minimum absolute atomic E-state index is 1.07. The van der Waals surface area contributed by atoms with Crippen molar-refractivity contribution in [2.24, 2.45) is 0 Å². The zero-order valence-electron chi connectivity index (χ0n) is 12.3. The molecule has 0 aliphatic rings. The lowest BCUT2D eigenvalue weighted by atomic mass is 10.1. The van der Waals surface area contributed by atoms with Crippen molar-refractivity contribution in [2.45, 2.75) is 72.1 Å². The maximum Gasteiger partial charge on any atom is 0.0825 e. The number of nitrogens with zero attached hydrogens (tertiary/aromatic N) is 1. The van der Waals surface area contributed by atoms with Crippen molar-refractivity contribution in [3.63, 3.8) is 0 Å².